The number of nitrogens with one attached hydrogen (secondary N) is 1. The summed E-state index contributed by atoms with van der Waals surface area (Å²) in [6.45, 7) is 1.30. The molecule has 28 heavy (non-hydrogen) atoms. The van der Waals surface area contributed by atoms with Crippen molar-refractivity contribution in [3.8, 4) is 10.6 Å². The predicted molar refractivity (Wildman–Crippen MR) is 105 cm³/mol. The Bertz CT molecular complexity index is 963. The number of hydrogen-bond acceptors (Lipinski definition) is 5. The molecule has 1 atom stereocenters. The molecule has 8 heteroatoms. The first-order chi connectivity index (χ1) is 13.6. The minimum Gasteiger partial charge on any atom is -0.354 e. The molecule has 0 bridgehead atoms. The standard InChI is InChI=1S/C20H18F2N4OS/c21-15-6-5-14(11-16(15)22)23-20(27)13-3-1-9-26(12-13)19-8-7-17(24-25-19)18-4-2-10-28-18/h2,4-8,10-11,13H,1,3,9,12H2,(H,23,27). The van der Waals surface area contributed by atoms with Gasteiger partial charge in [-0.3, -0.25) is 4.79 Å². The van der Waals surface area contributed by atoms with Gasteiger partial charge in [-0.1, -0.05) is 6.07 Å². The minimum absolute atomic E-state index is 0.209. The first kappa shape index (κ1) is 18.5. The molecule has 1 amide bonds. The molecular weight excluding hydrogens is 382 g/mol. The van der Waals surface area contributed by atoms with E-state index in [0.717, 1.165) is 47.9 Å². The van der Waals surface area contributed by atoms with E-state index in [9.17, 15) is 13.6 Å². The quantitative estimate of drug-likeness (QED) is 0.708. The SMILES string of the molecule is O=C(Nc1ccc(F)c(F)c1)C1CCCN(c2ccc(-c3cccs3)nn2)C1. The van der Waals surface area contributed by atoms with Gasteiger partial charge in [0.05, 0.1) is 10.8 Å². The fourth-order valence-electron chi connectivity index (χ4n) is 3.27. The summed E-state index contributed by atoms with van der Waals surface area (Å²) < 4.78 is 26.4. The maximum Gasteiger partial charge on any atom is 0.229 e. The average molecular weight is 400 g/mol. The third kappa shape index (κ3) is 4.01. The number of thiophene rings is 1. The summed E-state index contributed by atoms with van der Waals surface area (Å²) in [6, 6.07) is 11.2. The van der Waals surface area contributed by atoms with E-state index in [0.29, 0.717) is 6.54 Å². The van der Waals surface area contributed by atoms with E-state index in [1.165, 1.54) is 6.07 Å². The number of nitrogens with zero attached hydrogens (tertiary/aromatic N) is 3. The zero-order valence-electron chi connectivity index (χ0n) is 14.9. The van der Waals surface area contributed by atoms with Crippen molar-refractivity contribution in [1.82, 2.24) is 10.2 Å². The number of piperidine rings is 1. The molecule has 1 aliphatic rings. The first-order valence-electron chi connectivity index (χ1n) is 8.98. The molecule has 1 saturated heterocycles. The van der Waals surface area contributed by atoms with Crippen molar-refractivity contribution in [3.05, 3.63) is 59.5 Å². The highest BCUT2D eigenvalue weighted by Crippen LogP contribution is 2.26. The van der Waals surface area contributed by atoms with Crippen molar-refractivity contribution in [3.63, 3.8) is 0 Å². The molecule has 5 nitrogen and oxygen atoms in total. The van der Waals surface area contributed by atoms with Crippen molar-refractivity contribution in [1.29, 1.82) is 0 Å². The van der Waals surface area contributed by atoms with Crippen LogP contribution in [0.25, 0.3) is 10.6 Å². The Balaban J connectivity index is 1.42. The number of benzene rings is 1. The van der Waals surface area contributed by atoms with Crippen LogP contribution in [0, 0.1) is 17.6 Å². The Morgan fingerprint density at radius 3 is 2.75 bits per heavy atom. The van der Waals surface area contributed by atoms with Crippen LogP contribution >= 0.6 is 11.3 Å². The normalized spacial score (nSPS) is 16.8. The third-order valence-electron chi connectivity index (χ3n) is 4.73. The highest BCUT2D eigenvalue weighted by atomic mass is 32.1. The summed E-state index contributed by atoms with van der Waals surface area (Å²) in [4.78, 5) is 15.7. The Kier molecular flexibility index (Phi) is 5.29. The van der Waals surface area contributed by atoms with Crippen molar-refractivity contribution in [2.75, 3.05) is 23.3 Å². The average Bonchev–Trinajstić information content (AvgIpc) is 3.26. The molecule has 0 saturated carbocycles. The number of carbonyl (C=O) groups is 1. The summed E-state index contributed by atoms with van der Waals surface area (Å²) in [5.41, 5.74) is 1.07. The molecule has 1 aliphatic heterocycles. The zero-order valence-corrected chi connectivity index (χ0v) is 15.8. The molecule has 4 rings (SSSR count). The van der Waals surface area contributed by atoms with Gasteiger partial charge in [0.2, 0.25) is 5.91 Å². The summed E-state index contributed by atoms with van der Waals surface area (Å²) in [5.74, 6) is -1.67. The highest BCUT2D eigenvalue weighted by Gasteiger charge is 2.27. The van der Waals surface area contributed by atoms with Crippen molar-refractivity contribution < 1.29 is 13.6 Å². The second-order valence-corrected chi connectivity index (χ2v) is 7.61. The van der Waals surface area contributed by atoms with Gasteiger partial charge in [0.1, 0.15) is 5.69 Å². The lowest BCUT2D eigenvalue weighted by Crippen LogP contribution is -2.41. The molecule has 2 aromatic heterocycles. The van der Waals surface area contributed by atoms with Crippen LogP contribution in [0.1, 0.15) is 12.8 Å². The van der Waals surface area contributed by atoms with Gasteiger partial charge in [0, 0.05) is 24.8 Å². The van der Waals surface area contributed by atoms with Crippen molar-refractivity contribution in [2.45, 2.75) is 12.8 Å². The fraction of sp³-hybridized carbons (Fsp3) is 0.250. The van der Waals surface area contributed by atoms with Crippen LogP contribution < -0.4 is 10.2 Å². The lowest BCUT2D eigenvalue weighted by atomic mass is 9.97. The zero-order chi connectivity index (χ0) is 19.5. The Morgan fingerprint density at radius 2 is 2.04 bits per heavy atom. The van der Waals surface area contributed by atoms with Gasteiger partial charge >= 0.3 is 0 Å². The van der Waals surface area contributed by atoms with Crippen molar-refractivity contribution in [2.24, 2.45) is 5.92 Å². The molecule has 3 heterocycles. The minimum atomic E-state index is -0.982. The number of halogens is 2. The van der Waals surface area contributed by atoms with Gasteiger partial charge in [0.15, 0.2) is 17.5 Å². The van der Waals surface area contributed by atoms with Crippen LogP contribution in [0.3, 0.4) is 0 Å². The summed E-state index contributed by atoms with van der Waals surface area (Å²) in [7, 11) is 0. The highest BCUT2D eigenvalue weighted by molar-refractivity contribution is 7.13. The molecule has 0 spiro atoms. The Hall–Kier alpha value is -2.87. The second kappa shape index (κ2) is 8.02. The number of anilines is 2. The fourth-order valence-corrected chi connectivity index (χ4v) is 3.96. The molecule has 1 aromatic carbocycles. The van der Waals surface area contributed by atoms with Gasteiger partial charge in [-0.15, -0.1) is 21.5 Å². The van der Waals surface area contributed by atoms with Crippen LogP contribution in [0.4, 0.5) is 20.3 Å². The lowest BCUT2D eigenvalue weighted by molar-refractivity contribution is -0.120. The van der Waals surface area contributed by atoms with E-state index in [1.807, 2.05) is 34.5 Å². The predicted octanol–water partition coefficient (Wildman–Crippen LogP) is 4.34. The molecule has 1 unspecified atom stereocenters. The van der Waals surface area contributed by atoms with E-state index in [1.54, 1.807) is 11.3 Å². The van der Waals surface area contributed by atoms with Crippen LogP contribution in [-0.2, 0) is 4.79 Å². The van der Waals surface area contributed by atoms with Crippen LogP contribution in [0.2, 0.25) is 0 Å². The molecule has 1 fully saturated rings. The molecule has 3 aromatic rings. The summed E-state index contributed by atoms with van der Waals surface area (Å²) >= 11 is 1.61. The van der Waals surface area contributed by atoms with Crippen LogP contribution in [0.5, 0.6) is 0 Å². The second-order valence-electron chi connectivity index (χ2n) is 6.66. The number of carbonyl (C=O) groups excluding carboxylic acids is 1. The maximum atomic E-state index is 13.3. The van der Waals surface area contributed by atoms with E-state index in [-0.39, 0.29) is 17.5 Å². The van der Waals surface area contributed by atoms with E-state index < -0.39 is 11.6 Å². The monoisotopic (exact) mass is 400 g/mol. The lowest BCUT2D eigenvalue weighted by Gasteiger charge is -2.32. The maximum absolute atomic E-state index is 13.3. The van der Waals surface area contributed by atoms with Gasteiger partial charge in [-0.25, -0.2) is 8.78 Å². The number of rotatable bonds is 4. The Morgan fingerprint density at radius 1 is 1.14 bits per heavy atom. The van der Waals surface area contributed by atoms with Crippen molar-refractivity contribution >= 4 is 28.7 Å². The van der Waals surface area contributed by atoms with E-state index in [2.05, 4.69) is 15.5 Å². The molecular formula is C20H18F2N4OS. The molecule has 144 valence electrons. The van der Waals surface area contributed by atoms with Gasteiger partial charge in [-0.2, -0.15) is 0 Å². The smallest absolute Gasteiger partial charge is 0.229 e. The van der Waals surface area contributed by atoms with Gasteiger partial charge in [-0.05, 0) is 48.6 Å². The Labute approximate surface area is 165 Å². The van der Waals surface area contributed by atoms with Crippen LogP contribution in [-0.4, -0.2) is 29.2 Å². The van der Waals surface area contributed by atoms with E-state index in [4.69, 9.17) is 0 Å². The molecule has 1 N–H and O–H groups in total. The summed E-state index contributed by atoms with van der Waals surface area (Å²) in [5, 5.41) is 13.3. The topological polar surface area (TPSA) is 58.1 Å². The van der Waals surface area contributed by atoms with Crippen LogP contribution in [0.15, 0.2) is 47.8 Å². The number of aromatic nitrogens is 2. The first-order valence-corrected chi connectivity index (χ1v) is 9.86. The molecule has 0 aliphatic carbocycles. The van der Waals surface area contributed by atoms with E-state index >= 15 is 0 Å². The molecule has 0 radical (unpaired) electrons. The largest absolute Gasteiger partial charge is 0.354 e. The number of hydrogen-bond donors (Lipinski definition) is 1. The number of amides is 1. The van der Waals surface area contributed by atoms with Gasteiger partial charge in [0.25, 0.3) is 0 Å². The summed E-state index contributed by atoms with van der Waals surface area (Å²) in [6.07, 6.45) is 1.57. The third-order valence-corrected chi connectivity index (χ3v) is 5.62. The van der Waals surface area contributed by atoms with Gasteiger partial charge < -0.3 is 10.2 Å².